The average molecular weight is 157 g/mol. The van der Waals surface area contributed by atoms with Crippen molar-refractivity contribution in [2.24, 2.45) is 11.7 Å². The van der Waals surface area contributed by atoms with Crippen molar-refractivity contribution in [3.05, 3.63) is 0 Å². The minimum absolute atomic E-state index is 0.0475. The minimum atomic E-state index is -0.212. The first kappa shape index (κ1) is 8.53. The SMILES string of the molecule is CC[C@@H]1OCCC[C@@H]1C(N)=O. The molecule has 1 amide bonds. The van der Waals surface area contributed by atoms with E-state index in [1.165, 1.54) is 0 Å². The molecule has 1 aliphatic rings. The van der Waals surface area contributed by atoms with Crippen LogP contribution in [0.25, 0.3) is 0 Å². The summed E-state index contributed by atoms with van der Waals surface area (Å²) in [6.45, 7) is 2.80. The highest BCUT2D eigenvalue weighted by Crippen LogP contribution is 2.22. The molecule has 11 heavy (non-hydrogen) atoms. The molecule has 0 aromatic rings. The first-order valence-electron chi connectivity index (χ1n) is 4.16. The van der Waals surface area contributed by atoms with Gasteiger partial charge in [0.15, 0.2) is 0 Å². The molecule has 1 heterocycles. The maximum absolute atomic E-state index is 10.9. The molecule has 0 bridgehead atoms. The molecule has 0 unspecified atom stereocenters. The predicted octanol–water partition coefficient (Wildman–Crippen LogP) is 0.677. The Kier molecular flexibility index (Phi) is 2.88. The first-order chi connectivity index (χ1) is 5.25. The van der Waals surface area contributed by atoms with Gasteiger partial charge in [-0.15, -0.1) is 0 Å². The van der Waals surface area contributed by atoms with Crippen LogP contribution in [-0.4, -0.2) is 18.6 Å². The van der Waals surface area contributed by atoms with Crippen LogP contribution in [0, 0.1) is 5.92 Å². The summed E-state index contributed by atoms with van der Waals surface area (Å²) in [7, 11) is 0. The molecule has 3 heteroatoms. The zero-order chi connectivity index (χ0) is 8.27. The maximum Gasteiger partial charge on any atom is 0.223 e. The van der Waals surface area contributed by atoms with E-state index in [1.54, 1.807) is 0 Å². The van der Waals surface area contributed by atoms with Gasteiger partial charge >= 0.3 is 0 Å². The topological polar surface area (TPSA) is 52.3 Å². The van der Waals surface area contributed by atoms with E-state index in [9.17, 15) is 4.79 Å². The Morgan fingerprint density at radius 1 is 1.73 bits per heavy atom. The molecular weight excluding hydrogens is 142 g/mol. The van der Waals surface area contributed by atoms with E-state index in [1.807, 2.05) is 6.92 Å². The number of carbonyl (C=O) groups is 1. The summed E-state index contributed by atoms with van der Waals surface area (Å²) in [4.78, 5) is 10.9. The van der Waals surface area contributed by atoms with E-state index in [0.29, 0.717) is 0 Å². The van der Waals surface area contributed by atoms with Gasteiger partial charge in [0.2, 0.25) is 5.91 Å². The quantitative estimate of drug-likeness (QED) is 0.640. The van der Waals surface area contributed by atoms with Gasteiger partial charge in [0.05, 0.1) is 12.0 Å². The van der Waals surface area contributed by atoms with E-state index < -0.39 is 0 Å². The lowest BCUT2D eigenvalue weighted by molar-refractivity contribution is -0.131. The lowest BCUT2D eigenvalue weighted by atomic mass is 9.92. The number of nitrogens with two attached hydrogens (primary N) is 1. The molecule has 3 nitrogen and oxygen atoms in total. The minimum Gasteiger partial charge on any atom is -0.377 e. The average Bonchev–Trinajstić information content (AvgIpc) is 2.04. The van der Waals surface area contributed by atoms with Gasteiger partial charge in [-0.25, -0.2) is 0 Å². The summed E-state index contributed by atoms with van der Waals surface area (Å²) in [6, 6.07) is 0. The van der Waals surface area contributed by atoms with Crippen molar-refractivity contribution in [1.29, 1.82) is 0 Å². The predicted molar refractivity (Wildman–Crippen MR) is 41.9 cm³/mol. The summed E-state index contributed by atoms with van der Waals surface area (Å²) in [5.41, 5.74) is 5.21. The Labute approximate surface area is 66.9 Å². The number of ether oxygens (including phenoxy) is 1. The summed E-state index contributed by atoms with van der Waals surface area (Å²) >= 11 is 0. The number of amides is 1. The molecule has 0 aliphatic carbocycles. The largest absolute Gasteiger partial charge is 0.377 e. The third-order valence-corrected chi connectivity index (χ3v) is 2.21. The van der Waals surface area contributed by atoms with Gasteiger partial charge in [-0.1, -0.05) is 6.92 Å². The van der Waals surface area contributed by atoms with Crippen LogP contribution in [0.3, 0.4) is 0 Å². The number of rotatable bonds is 2. The number of hydrogen-bond donors (Lipinski definition) is 1. The molecule has 0 saturated carbocycles. The molecule has 64 valence electrons. The molecule has 0 aromatic carbocycles. The summed E-state index contributed by atoms with van der Waals surface area (Å²) in [5, 5.41) is 0. The van der Waals surface area contributed by atoms with Crippen molar-refractivity contribution in [2.45, 2.75) is 32.3 Å². The monoisotopic (exact) mass is 157 g/mol. The van der Waals surface area contributed by atoms with E-state index >= 15 is 0 Å². The molecule has 2 atom stereocenters. The summed E-state index contributed by atoms with van der Waals surface area (Å²) < 4.78 is 5.40. The first-order valence-corrected chi connectivity index (χ1v) is 4.16. The van der Waals surface area contributed by atoms with Crippen molar-refractivity contribution in [3.63, 3.8) is 0 Å². The van der Waals surface area contributed by atoms with Crippen molar-refractivity contribution in [2.75, 3.05) is 6.61 Å². The van der Waals surface area contributed by atoms with E-state index in [0.717, 1.165) is 25.9 Å². The Morgan fingerprint density at radius 2 is 2.45 bits per heavy atom. The Morgan fingerprint density at radius 3 is 2.91 bits per heavy atom. The van der Waals surface area contributed by atoms with Crippen LogP contribution in [0.5, 0.6) is 0 Å². The third-order valence-electron chi connectivity index (χ3n) is 2.21. The maximum atomic E-state index is 10.9. The smallest absolute Gasteiger partial charge is 0.223 e. The molecule has 0 aromatic heterocycles. The standard InChI is InChI=1S/C8H15NO2/c1-2-7-6(8(9)10)4-3-5-11-7/h6-7H,2-5H2,1H3,(H2,9,10)/t6-,7-/m0/s1. The molecule has 1 rings (SSSR count). The van der Waals surface area contributed by atoms with Gasteiger partial charge in [0.25, 0.3) is 0 Å². The molecule has 2 N–H and O–H groups in total. The normalized spacial score (nSPS) is 31.7. The van der Waals surface area contributed by atoms with Crippen molar-refractivity contribution < 1.29 is 9.53 Å². The molecule has 0 spiro atoms. The highest BCUT2D eigenvalue weighted by molar-refractivity contribution is 5.77. The van der Waals surface area contributed by atoms with E-state index in [2.05, 4.69) is 0 Å². The lowest BCUT2D eigenvalue weighted by Gasteiger charge is -2.28. The third kappa shape index (κ3) is 1.93. The zero-order valence-corrected chi connectivity index (χ0v) is 6.88. The van der Waals surface area contributed by atoms with Gasteiger partial charge in [-0.05, 0) is 19.3 Å². The summed E-state index contributed by atoms with van der Waals surface area (Å²) in [5.74, 6) is -0.259. The Balaban J connectivity index is 2.51. The van der Waals surface area contributed by atoms with Crippen molar-refractivity contribution in [3.8, 4) is 0 Å². The highest BCUT2D eigenvalue weighted by atomic mass is 16.5. The van der Waals surface area contributed by atoms with Gasteiger partial charge in [-0.3, -0.25) is 4.79 Å². The van der Waals surface area contributed by atoms with Crippen molar-refractivity contribution in [1.82, 2.24) is 0 Å². The molecular formula is C8H15NO2. The van der Waals surface area contributed by atoms with Crippen LogP contribution in [0.2, 0.25) is 0 Å². The van der Waals surface area contributed by atoms with Crippen LogP contribution < -0.4 is 5.73 Å². The van der Waals surface area contributed by atoms with Crippen LogP contribution in [0.4, 0.5) is 0 Å². The fourth-order valence-electron chi connectivity index (χ4n) is 1.57. The molecule has 0 radical (unpaired) electrons. The van der Waals surface area contributed by atoms with Crippen LogP contribution in [0.1, 0.15) is 26.2 Å². The number of carbonyl (C=O) groups excluding carboxylic acids is 1. The highest BCUT2D eigenvalue weighted by Gasteiger charge is 2.28. The fourth-order valence-corrected chi connectivity index (χ4v) is 1.57. The fraction of sp³-hybridized carbons (Fsp3) is 0.875. The van der Waals surface area contributed by atoms with Gasteiger partial charge in [-0.2, -0.15) is 0 Å². The zero-order valence-electron chi connectivity index (χ0n) is 6.88. The Hall–Kier alpha value is -0.570. The molecule has 1 aliphatic heterocycles. The van der Waals surface area contributed by atoms with Crippen LogP contribution in [-0.2, 0) is 9.53 Å². The number of primary amides is 1. The van der Waals surface area contributed by atoms with Crippen LogP contribution >= 0.6 is 0 Å². The van der Waals surface area contributed by atoms with E-state index in [-0.39, 0.29) is 17.9 Å². The second kappa shape index (κ2) is 3.72. The molecule has 1 fully saturated rings. The number of hydrogen-bond acceptors (Lipinski definition) is 2. The summed E-state index contributed by atoms with van der Waals surface area (Å²) in [6.07, 6.45) is 2.81. The second-order valence-corrected chi connectivity index (χ2v) is 2.97. The Bertz CT molecular complexity index is 147. The van der Waals surface area contributed by atoms with Gasteiger partial charge < -0.3 is 10.5 Å². The van der Waals surface area contributed by atoms with Gasteiger partial charge in [0.1, 0.15) is 0 Å². The van der Waals surface area contributed by atoms with Gasteiger partial charge in [0, 0.05) is 6.61 Å². The molecule has 1 saturated heterocycles. The lowest BCUT2D eigenvalue weighted by Crippen LogP contribution is -2.38. The second-order valence-electron chi connectivity index (χ2n) is 2.97. The van der Waals surface area contributed by atoms with Crippen molar-refractivity contribution >= 4 is 5.91 Å². The van der Waals surface area contributed by atoms with Crippen LogP contribution in [0.15, 0.2) is 0 Å². The van der Waals surface area contributed by atoms with E-state index in [4.69, 9.17) is 10.5 Å².